The van der Waals surface area contributed by atoms with Gasteiger partial charge in [-0.1, -0.05) is 33.6 Å². The fourth-order valence-corrected chi connectivity index (χ4v) is 5.77. The second-order valence-electron chi connectivity index (χ2n) is 9.45. The van der Waals surface area contributed by atoms with Gasteiger partial charge in [-0.3, -0.25) is 9.59 Å². The summed E-state index contributed by atoms with van der Waals surface area (Å²) >= 11 is 1.68. The van der Waals surface area contributed by atoms with E-state index in [1.165, 1.54) is 0 Å². The molecule has 7 heteroatoms. The van der Waals surface area contributed by atoms with Crippen LogP contribution in [0.5, 0.6) is 0 Å². The summed E-state index contributed by atoms with van der Waals surface area (Å²) in [6.45, 7) is 13.0. The van der Waals surface area contributed by atoms with Crippen LogP contribution in [0.25, 0.3) is 0 Å². The van der Waals surface area contributed by atoms with E-state index in [-0.39, 0.29) is 29.0 Å². The maximum absolute atomic E-state index is 12.6. The predicted octanol–water partition coefficient (Wildman–Crippen LogP) is 4.07. The maximum Gasteiger partial charge on any atom is 0.229 e. The Balaban J connectivity index is 1.72. The molecule has 0 saturated carbocycles. The Hall–Kier alpha value is -0.633. The fourth-order valence-electron chi connectivity index (χ4n) is 3.77. The third kappa shape index (κ3) is 7.85. The number of ketones is 2. The van der Waals surface area contributed by atoms with E-state index in [2.05, 4.69) is 39.2 Å². The van der Waals surface area contributed by atoms with Crippen LogP contribution in [0, 0.1) is 11.3 Å². The number of hydrogen-bond acceptors (Lipinski definition) is 6. The zero-order valence-corrected chi connectivity index (χ0v) is 20.8. The molecule has 1 aliphatic heterocycles. The standard InChI is InChI=1S/C22H39NO4SSi/c1-22(2,3)16-14-18(25)21(20(16)27-29(4)5)28-13-9-7-6-8-10-17(24)19-15-23-11-12-26-19/h16,19,23,29H,6-15H2,1-5H3. The van der Waals surface area contributed by atoms with Gasteiger partial charge in [-0.25, -0.2) is 0 Å². The smallest absolute Gasteiger partial charge is 0.229 e. The van der Waals surface area contributed by atoms with Crippen LogP contribution in [0.15, 0.2) is 10.7 Å². The molecule has 0 bridgehead atoms. The second-order valence-corrected chi connectivity index (χ2v) is 12.9. The number of carbonyl (C=O) groups is 2. The zero-order valence-electron chi connectivity index (χ0n) is 18.8. The Kier molecular flexibility index (Phi) is 9.92. The molecule has 0 amide bonds. The van der Waals surface area contributed by atoms with Crippen molar-refractivity contribution in [2.45, 2.75) is 78.5 Å². The molecule has 1 N–H and O–H groups in total. The molecule has 0 aromatic heterocycles. The van der Waals surface area contributed by atoms with Crippen LogP contribution in [-0.2, 0) is 18.8 Å². The van der Waals surface area contributed by atoms with Crippen LogP contribution >= 0.6 is 11.8 Å². The van der Waals surface area contributed by atoms with Crippen molar-refractivity contribution in [2.75, 3.05) is 25.4 Å². The van der Waals surface area contributed by atoms with Crippen LogP contribution in [0.3, 0.4) is 0 Å². The molecular weight excluding hydrogens is 402 g/mol. The summed E-state index contributed by atoms with van der Waals surface area (Å²) in [6, 6.07) is 0. The lowest BCUT2D eigenvalue weighted by molar-refractivity contribution is -0.132. The van der Waals surface area contributed by atoms with Gasteiger partial charge in [0.1, 0.15) is 11.9 Å². The summed E-state index contributed by atoms with van der Waals surface area (Å²) < 4.78 is 11.7. The highest BCUT2D eigenvalue weighted by Crippen LogP contribution is 2.45. The number of thioether (sulfide) groups is 1. The molecule has 2 atom stereocenters. The van der Waals surface area contributed by atoms with E-state index in [0.717, 1.165) is 48.6 Å². The molecule has 2 unspecified atom stereocenters. The van der Waals surface area contributed by atoms with Crippen molar-refractivity contribution in [3.05, 3.63) is 10.7 Å². The Morgan fingerprint density at radius 3 is 2.59 bits per heavy atom. The summed E-state index contributed by atoms with van der Waals surface area (Å²) in [5, 5.41) is 3.20. The van der Waals surface area contributed by atoms with Crippen LogP contribution in [0.2, 0.25) is 13.1 Å². The van der Waals surface area contributed by atoms with Gasteiger partial charge in [0.05, 0.1) is 11.5 Å². The number of allylic oxidation sites excluding steroid dienone is 2. The molecule has 2 rings (SSSR count). The molecular formula is C22H39NO4SSi. The van der Waals surface area contributed by atoms with Crippen molar-refractivity contribution in [1.82, 2.24) is 5.32 Å². The van der Waals surface area contributed by atoms with Gasteiger partial charge in [0.25, 0.3) is 0 Å². The SMILES string of the molecule is C[SiH](C)OC1=C(SCCCCCCC(=O)C2CNCCO2)C(=O)CC1C(C)(C)C. The predicted molar refractivity (Wildman–Crippen MR) is 123 cm³/mol. The molecule has 166 valence electrons. The largest absolute Gasteiger partial charge is 0.549 e. The third-order valence-electron chi connectivity index (χ3n) is 5.44. The number of Topliss-reactive ketones (excluding diaryl/α,β-unsaturated/α-hetero) is 2. The first kappa shape index (κ1) is 24.6. The molecule has 1 saturated heterocycles. The van der Waals surface area contributed by atoms with E-state index in [0.29, 0.717) is 26.0 Å². The molecule has 0 radical (unpaired) electrons. The first-order valence-electron chi connectivity index (χ1n) is 11.1. The second kappa shape index (κ2) is 11.7. The quantitative estimate of drug-likeness (QED) is 0.385. The van der Waals surface area contributed by atoms with Crippen LogP contribution in [-0.4, -0.2) is 52.2 Å². The molecule has 2 aliphatic rings. The first-order valence-corrected chi connectivity index (χ1v) is 14.9. The molecule has 1 fully saturated rings. The minimum atomic E-state index is -1.25. The molecule has 0 spiro atoms. The van der Waals surface area contributed by atoms with Gasteiger partial charge in [0, 0.05) is 31.8 Å². The summed E-state index contributed by atoms with van der Waals surface area (Å²) in [5.74, 6) is 2.59. The van der Waals surface area contributed by atoms with Gasteiger partial charge in [-0.15, -0.1) is 11.8 Å². The molecule has 5 nitrogen and oxygen atoms in total. The highest BCUT2D eigenvalue weighted by atomic mass is 32.2. The van der Waals surface area contributed by atoms with Crippen molar-refractivity contribution >= 4 is 32.4 Å². The fraction of sp³-hybridized carbons (Fsp3) is 0.818. The average Bonchev–Trinajstić information content (AvgIpc) is 2.97. The molecule has 1 aliphatic carbocycles. The highest BCUT2D eigenvalue weighted by Gasteiger charge is 2.40. The van der Waals surface area contributed by atoms with Gasteiger partial charge >= 0.3 is 0 Å². The van der Waals surface area contributed by atoms with E-state index in [1.807, 2.05) is 0 Å². The molecule has 0 aromatic carbocycles. The molecule has 0 aromatic rings. The van der Waals surface area contributed by atoms with E-state index >= 15 is 0 Å². The summed E-state index contributed by atoms with van der Waals surface area (Å²) in [7, 11) is -1.25. The Morgan fingerprint density at radius 2 is 1.97 bits per heavy atom. The van der Waals surface area contributed by atoms with Crippen LogP contribution < -0.4 is 5.32 Å². The van der Waals surface area contributed by atoms with Gasteiger partial charge < -0.3 is 14.5 Å². The van der Waals surface area contributed by atoms with Crippen molar-refractivity contribution in [3.8, 4) is 0 Å². The average molecular weight is 442 g/mol. The minimum absolute atomic E-state index is 0.0424. The van der Waals surface area contributed by atoms with Crippen molar-refractivity contribution < 1.29 is 18.8 Å². The monoisotopic (exact) mass is 441 g/mol. The number of carbonyl (C=O) groups excluding carboxylic acids is 2. The van der Waals surface area contributed by atoms with E-state index in [4.69, 9.17) is 9.16 Å². The van der Waals surface area contributed by atoms with E-state index in [1.54, 1.807) is 11.8 Å². The topological polar surface area (TPSA) is 64.6 Å². The number of hydrogen-bond donors (Lipinski definition) is 1. The van der Waals surface area contributed by atoms with E-state index < -0.39 is 9.04 Å². The minimum Gasteiger partial charge on any atom is -0.549 e. The lowest BCUT2D eigenvalue weighted by Gasteiger charge is -2.30. The zero-order chi connectivity index (χ0) is 21.4. The number of ether oxygens (including phenoxy) is 1. The highest BCUT2D eigenvalue weighted by molar-refractivity contribution is 8.04. The van der Waals surface area contributed by atoms with Crippen molar-refractivity contribution in [3.63, 3.8) is 0 Å². The lowest BCUT2D eigenvalue weighted by Crippen LogP contribution is -2.43. The summed E-state index contributed by atoms with van der Waals surface area (Å²) in [4.78, 5) is 25.6. The summed E-state index contributed by atoms with van der Waals surface area (Å²) in [6.07, 6.45) is 5.05. The van der Waals surface area contributed by atoms with Gasteiger partial charge in [0.15, 0.2) is 11.6 Å². The van der Waals surface area contributed by atoms with E-state index in [9.17, 15) is 9.59 Å². The number of nitrogens with one attached hydrogen (secondary N) is 1. The lowest BCUT2D eigenvalue weighted by atomic mass is 9.79. The number of morpholine rings is 1. The van der Waals surface area contributed by atoms with Crippen LogP contribution in [0.1, 0.15) is 59.3 Å². The van der Waals surface area contributed by atoms with Gasteiger partial charge in [-0.05, 0) is 37.1 Å². The first-order chi connectivity index (χ1) is 13.7. The molecule has 29 heavy (non-hydrogen) atoms. The maximum atomic E-state index is 12.6. The Labute approximate surface area is 182 Å². The van der Waals surface area contributed by atoms with Crippen LogP contribution in [0.4, 0.5) is 0 Å². The van der Waals surface area contributed by atoms with Crippen molar-refractivity contribution in [2.24, 2.45) is 11.3 Å². The van der Waals surface area contributed by atoms with Gasteiger partial charge in [0.2, 0.25) is 9.04 Å². The number of rotatable bonds is 11. The third-order valence-corrected chi connectivity index (χ3v) is 7.38. The van der Waals surface area contributed by atoms with Crippen molar-refractivity contribution in [1.29, 1.82) is 0 Å². The molecule has 1 heterocycles. The Bertz CT molecular complexity index is 594. The Morgan fingerprint density at radius 1 is 1.24 bits per heavy atom. The normalized spacial score (nSPS) is 23.2. The summed E-state index contributed by atoms with van der Waals surface area (Å²) in [5.41, 5.74) is 0.0424. The van der Waals surface area contributed by atoms with Gasteiger partial charge in [-0.2, -0.15) is 0 Å². The number of unbranched alkanes of at least 4 members (excludes halogenated alkanes) is 3.